The van der Waals surface area contributed by atoms with E-state index >= 15 is 0 Å². The molecule has 1 aliphatic heterocycles. The maximum Gasteiger partial charge on any atom is 0.329 e. The van der Waals surface area contributed by atoms with E-state index in [1.807, 2.05) is 13.0 Å². The van der Waals surface area contributed by atoms with Gasteiger partial charge in [0.25, 0.3) is 5.91 Å². The molecular formula is C21H22FN3O4. The second-order valence-electron chi connectivity index (χ2n) is 6.58. The third kappa shape index (κ3) is 4.90. The first-order valence-corrected chi connectivity index (χ1v) is 9.41. The van der Waals surface area contributed by atoms with Crippen molar-refractivity contribution in [3.8, 4) is 5.75 Å². The Kier molecular flexibility index (Phi) is 6.43. The summed E-state index contributed by atoms with van der Waals surface area (Å²) in [6, 6.07) is 10.8. The van der Waals surface area contributed by atoms with Crippen molar-refractivity contribution in [2.24, 2.45) is 0 Å². The van der Waals surface area contributed by atoms with Crippen LogP contribution in [0.4, 0.5) is 20.6 Å². The van der Waals surface area contributed by atoms with Gasteiger partial charge in [0.15, 0.2) is 0 Å². The van der Waals surface area contributed by atoms with E-state index in [1.54, 1.807) is 18.2 Å². The molecule has 2 N–H and O–H groups in total. The fourth-order valence-corrected chi connectivity index (χ4v) is 2.96. The molecule has 8 heteroatoms. The first kappa shape index (κ1) is 20.3. The van der Waals surface area contributed by atoms with E-state index in [4.69, 9.17) is 4.74 Å². The molecule has 3 rings (SSSR count). The minimum absolute atomic E-state index is 0.0378. The highest BCUT2D eigenvalue weighted by Crippen LogP contribution is 2.25. The molecule has 0 aromatic heterocycles. The van der Waals surface area contributed by atoms with Crippen LogP contribution in [0.5, 0.6) is 5.75 Å². The number of benzene rings is 2. The fraction of sp³-hybridized carbons (Fsp3) is 0.286. The number of ether oxygens (including phenoxy) is 1. The predicted molar refractivity (Wildman–Crippen MR) is 106 cm³/mol. The van der Waals surface area contributed by atoms with Gasteiger partial charge < -0.3 is 15.4 Å². The highest BCUT2D eigenvalue weighted by atomic mass is 19.1. The van der Waals surface area contributed by atoms with E-state index in [9.17, 15) is 18.8 Å². The molecule has 152 valence electrons. The number of carbonyl (C=O) groups excluding carboxylic acids is 3. The van der Waals surface area contributed by atoms with E-state index in [-0.39, 0.29) is 24.4 Å². The number of nitrogens with one attached hydrogen (secondary N) is 2. The number of hydrogen-bond acceptors (Lipinski definition) is 4. The van der Waals surface area contributed by atoms with Crippen LogP contribution in [0.15, 0.2) is 48.5 Å². The number of rotatable bonds is 8. The molecule has 1 fully saturated rings. The number of imide groups is 1. The van der Waals surface area contributed by atoms with E-state index in [1.165, 1.54) is 24.3 Å². The topological polar surface area (TPSA) is 87.7 Å². The Labute approximate surface area is 167 Å². The van der Waals surface area contributed by atoms with Gasteiger partial charge in [-0.2, -0.15) is 0 Å². The number of urea groups is 1. The molecule has 1 aliphatic rings. The van der Waals surface area contributed by atoms with Crippen LogP contribution in [0, 0.1) is 5.82 Å². The van der Waals surface area contributed by atoms with Crippen LogP contribution in [-0.4, -0.2) is 30.5 Å². The second-order valence-corrected chi connectivity index (χ2v) is 6.58. The van der Waals surface area contributed by atoms with Gasteiger partial charge in [-0.15, -0.1) is 0 Å². The van der Waals surface area contributed by atoms with Crippen molar-refractivity contribution in [1.82, 2.24) is 5.32 Å². The summed E-state index contributed by atoms with van der Waals surface area (Å²) in [5.74, 6) is -0.645. The highest BCUT2D eigenvalue weighted by Gasteiger charge is 2.38. The molecule has 7 nitrogen and oxygen atoms in total. The van der Waals surface area contributed by atoms with Crippen LogP contribution in [0.25, 0.3) is 0 Å². The number of para-hydroxylation sites is 2. The van der Waals surface area contributed by atoms with Crippen LogP contribution in [-0.2, 0) is 9.59 Å². The van der Waals surface area contributed by atoms with Gasteiger partial charge in [-0.3, -0.25) is 9.59 Å². The molecule has 4 amide bonds. The van der Waals surface area contributed by atoms with Crippen LogP contribution in [0.1, 0.15) is 26.2 Å². The zero-order chi connectivity index (χ0) is 20.8. The molecule has 2 aromatic carbocycles. The average molecular weight is 399 g/mol. The largest absolute Gasteiger partial charge is 0.491 e. The summed E-state index contributed by atoms with van der Waals surface area (Å²) >= 11 is 0. The number of amides is 4. The third-order valence-electron chi connectivity index (χ3n) is 4.39. The summed E-state index contributed by atoms with van der Waals surface area (Å²) in [4.78, 5) is 38.0. The van der Waals surface area contributed by atoms with Gasteiger partial charge in [0.1, 0.15) is 17.6 Å². The Hall–Kier alpha value is -3.42. The van der Waals surface area contributed by atoms with Crippen molar-refractivity contribution >= 4 is 29.2 Å². The lowest BCUT2D eigenvalue weighted by molar-refractivity contribution is -0.119. The summed E-state index contributed by atoms with van der Waals surface area (Å²) in [6.07, 6.45) is 1.03. The normalized spacial score (nSPS) is 15.9. The fourth-order valence-electron chi connectivity index (χ4n) is 2.96. The number of nitrogens with zero attached hydrogens (tertiary/aromatic N) is 1. The summed E-state index contributed by atoms with van der Waals surface area (Å²) in [7, 11) is 0. The van der Waals surface area contributed by atoms with Gasteiger partial charge in [0.05, 0.1) is 18.0 Å². The van der Waals surface area contributed by atoms with Crippen LogP contribution in [0.2, 0.25) is 0 Å². The molecule has 1 atom stereocenters. The van der Waals surface area contributed by atoms with E-state index in [2.05, 4.69) is 10.6 Å². The van der Waals surface area contributed by atoms with Crippen molar-refractivity contribution in [2.75, 3.05) is 16.8 Å². The van der Waals surface area contributed by atoms with Crippen molar-refractivity contribution in [3.63, 3.8) is 0 Å². The Morgan fingerprint density at radius 3 is 2.62 bits per heavy atom. The lowest BCUT2D eigenvalue weighted by Crippen LogP contribution is -2.31. The van der Waals surface area contributed by atoms with Gasteiger partial charge in [-0.1, -0.05) is 19.1 Å². The van der Waals surface area contributed by atoms with Crippen LogP contribution < -0.4 is 20.3 Å². The van der Waals surface area contributed by atoms with Crippen molar-refractivity contribution in [2.45, 2.75) is 32.2 Å². The second kappa shape index (κ2) is 9.18. The number of carbonyl (C=O) groups is 3. The number of anilines is 2. The highest BCUT2D eigenvalue weighted by molar-refractivity contribution is 6.21. The molecule has 2 aromatic rings. The molecule has 0 radical (unpaired) electrons. The number of hydrogen-bond donors (Lipinski definition) is 2. The first-order valence-electron chi connectivity index (χ1n) is 9.41. The van der Waals surface area contributed by atoms with Gasteiger partial charge in [0.2, 0.25) is 5.91 Å². The Bertz CT molecular complexity index is 901. The van der Waals surface area contributed by atoms with E-state index in [0.29, 0.717) is 18.0 Å². The molecule has 0 saturated carbocycles. The van der Waals surface area contributed by atoms with E-state index in [0.717, 1.165) is 11.3 Å². The summed E-state index contributed by atoms with van der Waals surface area (Å²) < 4.78 is 18.7. The monoisotopic (exact) mass is 399 g/mol. The van der Waals surface area contributed by atoms with Crippen molar-refractivity contribution in [3.05, 3.63) is 54.3 Å². The predicted octanol–water partition coefficient (Wildman–Crippen LogP) is 3.46. The summed E-state index contributed by atoms with van der Waals surface area (Å²) in [6.45, 7) is 2.53. The molecule has 0 spiro atoms. The van der Waals surface area contributed by atoms with Crippen molar-refractivity contribution in [1.29, 1.82) is 0 Å². The minimum Gasteiger partial charge on any atom is -0.491 e. The maximum atomic E-state index is 13.1. The summed E-state index contributed by atoms with van der Waals surface area (Å²) in [5.41, 5.74) is 0.837. The van der Waals surface area contributed by atoms with Crippen LogP contribution >= 0.6 is 0 Å². The molecule has 29 heavy (non-hydrogen) atoms. The van der Waals surface area contributed by atoms with Gasteiger partial charge in [0, 0.05) is 6.42 Å². The summed E-state index contributed by atoms with van der Waals surface area (Å²) in [5, 5.41) is 5.34. The van der Waals surface area contributed by atoms with Gasteiger partial charge in [-0.25, -0.2) is 14.1 Å². The standard InChI is InChI=1S/C21H22FN3O4/c1-2-13-29-18-6-4-3-5-16(18)23-19(26)12-11-17-20(27)25(21(28)24-17)15-9-7-14(22)8-10-15/h3-10,17H,2,11-13H2,1H3,(H,23,26)(H,24,28). The third-order valence-corrected chi connectivity index (χ3v) is 4.39. The molecular weight excluding hydrogens is 377 g/mol. The molecule has 1 saturated heterocycles. The number of halogens is 1. The molecule has 1 unspecified atom stereocenters. The Morgan fingerprint density at radius 2 is 1.90 bits per heavy atom. The Morgan fingerprint density at radius 1 is 1.17 bits per heavy atom. The SMILES string of the molecule is CCCOc1ccccc1NC(=O)CCC1NC(=O)N(c2ccc(F)cc2)C1=O. The quantitative estimate of drug-likeness (QED) is 0.666. The van der Waals surface area contributed by atoms with Gasteiger partial charge >= 0.3 is 6.03 Å². The smallest absolute Gasteiger partial charge is 0.329 e. The zero-order valence-corrected chi connectivity index (χ0v) is 16.0. The molecule has 0 bridgehead atoms. The zero-order valence-electron chi connectivity index (χ0n) is 16.0. The minimum atomic E-state index is -0.815. The lowest BCUT2D eigenvalue weighted by Gasteiger charge is -2.13. The maximum absolute atomic E-state index is 13.1. The Balaban J connectivity index is 1.58. The average Bonchev–Trinajstić information content (AvgIpc) is 3.00. The van der Waals surface area contributed by atoms with Gasteiger partial charge in [-0.05, 0) is 49.2 Å². The molecule has 1 heterocycles. The molecule has 0 aliphatic carbocycles. The first-order chi connectivity index (χ1) is 14.0. The van der Waals surface area contributed by atoms with Crippen molar-refractivity contribution < 1.29 is 23.5 Å². The van der Waals surface area contributed by atoms with E-state index < -0.39 is 23.8 Å². The lowest BCUT2D eigenvalue weighted by atomic mass is 10.1. The van der Waals surface area contributed by atoms with Crippen LogP contribution in [0.3, 0.4) is 0 Å².